The molecule has 0 aliphatic carbocycles. The predicted molar refractivity (Wildman–Crippen MR) is 125 cm³/mol. The fraction of sp³-hybridized carbons (Fsp3) is 0.667. The molecule has 0 bridgehead atoms. The molecule has 154 valence electrons. The summed E-state index contributed by atoms with van der Waals surface area (Å²) >= 11 is 0. The van der Waals surface area contributed by atoms with Crippen molar-refractivity contribution in [2.24, 2.45) is 10.9 Å². The third kappa shape index (κ3) is 7.95. The molecule has 5 nitrogen and oxygen atoms in total. The summed E-state index contributed by atoms with van der Waals surface area (Å²) in [5, 5.41) is 6.92. The van der Waals surface area contributed by atoms with Gasteiger partial charge in [-0.25, -0.2) is 0 Å². The number of morpholine rings is 1. The molecule has 0 amide bonds. The van der Waals surface area contributed by atoms with E-state index < -0.39 is 0 Å². The fourth-order valence-corrected chi connectivity index (χ4v) is 3.29. The molecule has 2 rings (SSSR count). The Morgan fingerprint density at radius 2 is 1.74 bits per heavy atom. The van der Waals surface area contributed by atoms with Gasteiger partial charge in [-0.15, -0.1) is 24.0 Å². The monoisotopic (exact) mass is 488 g/mol. The van der Waals surface area contributed by atoms with Gasteiger partial charge >= 0.3 is 0 Å². The molecule has 1 aromatic rings. The van der Waals surface area contributed by atoms with Crippen LogP contribution < -0.4 is 10.6 Å². The van der Waals surface area contributed by atoms with Gasteiger partial charge in [0.05, 0.1) is 12.2 Å². The Morgan fingerprint density at radius 1 is 1.15 bits per heavy atom. The van der Waals surface area contributed by atoms with Gasteiger partial charge < -0.3 is 15.4 Å². The number of halogens is 1. The van der Waals surface area contributed by atoms with E-state index in [1.54, 1.807) is 0 Å². The maximum absolute atomic E-state index is 5.86. The van der Waals surface area contributed by atoms with Gasteiger partial charge in [0, 0.05) is 39.3 Å². The molecule has 0 spiro atoms. The molecule has 3 atom stereocenters. The number of hydrogen-bond donors (Lipinski definition) is 2. The van der Waals surface area contributed by atoms with E-state index >= 15 is 0 Å². The van der Waals surface area contributed by atoms with Crippen LogP contribution in [0.3, 0.4) is 0 Å². The highest BCUT2D eigenvalue weighted by molar-refractivity contribution is 14.0. The number of hydrogen-bond acceptors (Lipinski definition) is 3. The second kappa shape index (κ2) is 11.9. The van der Waals surface area contributed by atoms with Gasteiger partial charge in [-0.05, 0) is 37.8 Å². The molecule has 1 saturated heterocycles. The van der Waals surface area contributed by atoms with Crippen LogP contribution in [0.1, 0.15) is 45.7 Å². The lowest BCUT2D eigenvalue weighted by Crippen LogP contribution is -2.45. The number of guanidine groups is 1. The van der Waals surface area contributed by atoms with E-state index in [0.717, 1.165) is 32.1 Å². The van der Waals surface area contributed by atoms with Crippen LogP contribution in [-0.2, 0) is 17.8 Å². The molecule has 1 aliphatic heterocycles. The molecule has 0 aromatic heterocycles. The topological polar surface area (TPSA) is 48.9 Å². The van der Waals surface area contributed by atoms with Gasteiger partial charge in [0.25, 0.3) is 0 Å². The Balaban J connectivity index is 0.00000364. The summed E-state index contributed by atoms with van der Waals surface area (Å²) < 4.78 is 5.86. The van der Waals surface area contributed by atoms with Crippen molar-refractivity contribution in [1.82, 2.24) is 15.5 Å². The smallest absolute Gasteiger partial charge is 0.191 e. The molecular weight excluding hydrogens is 451 g/mol. The molecule has 1 heterocycles. The highest BCUT2D eigenvalue weighted by Gasteiger charge is 2.22. The first kappa shape index (κ1) is 24.2. The Hall–Kier alpha value is -0.860. The van der Waals surface area contributed by atoms with Gasteiger partial charge in [0.15, 0.2) is 5.96 Å². The van der Waals surface area contributed by atoms with E-state index in [0.29, 0.717) is 24.2 Å². The van der Waals surface area contributed by atoms with E-state index in [1.165, 1.54) is 11.1 Å². The Bertz CT molecular complexity index is 583. The Kier molecular flexibility index (Phi) is 10.6. The van der Waals surface area contributed by atoms with Crippen molar-refractivity contribution in [3.8, 4) is 0 Å². The molecule has 1 aliphatic rings. The zero-order valence-corrected chi connectivity index (χ0v) is 20.0. The zero-order chi connectivity index (χ0) is 19.1. The summed E-state index contributed by atoms with van der Waals surface area (Å²) in [5.41, 5.74) is 2.69. The van der Waals surface area contributed by atoms with Crippen LogP contribution in [0.15, 0.2) is 29.3 Å². The maximum atomic E-state index is 5.86. The van der Waals surface area contributed by atoms with E-state index in [2.05, 4.69) is 79.4 Å². The van der Waals surface area contributed by atoms with Crippen molar-refractivity contribution >= 4 is 29.9 Å². The van der Waals surface area contributed by atoms with Gasteiger partial charge in [-0.2, -0.15) is 0 Å². The average molecular weight is 488 g/mol. The quantitative estimate of drug-likeness (QED) is 0.365. The van der Waals surface area contributed by atoms with Crippen molar-refractivity contribution in [1.29, 1.82) is 0 Å². The van der Waals surface area contributed by atoms with Crippen LogP contribution in [0.2, 0.25) is 0 Å². The van der Waals surface area contributed by atoms with Crippen molar-refractivity contribution < 1.29 is 4.74 Å². The highest BCUT2D eigenvalue weighted by Crippen LogP contribution is 2.17. The third-order valence-corrected chi connectivity index (χ3v) is 5.04. The second-order valence-corrected chi connectivity index (χ2v) is 7.82. The van der Waals surface area contributed by atoms with E-state index in [-0.39, 0.29) is 24.0 Å². The van der Waals surface area contributed by atoms with Crippen molar-refractivity contribution in [3.05, 3.63) is 35.4 Å². The zero-order valence-electron chi connectivity index (χ0n) is 17.7. The first-order valence-electron chi connectivity index (χ1n) is 9.80. The van der Waals surface area contributed by atoms with Crippen LogP contribution in [0, 0.1) is 5.92 Å². The lowest BCUT2D eigenvalue weighted by Gasteiger charge is -2.35. The van der Waals surface area contributed by atoms with Crippen LogP contribution in [0.5, 0.6) is 0 Å². The minimum Gasteiger partial charge on any atom is -0.373 e. The molecule has 0 saturated carbocycles. The van der Waals surface area contributed by atoms with Crippen molar-refractivity contribution in [2.45, 2.75) is 66.0 Å². The lowest BCUT2D eigenvalue weighted by atomic mass is 10.1. The van der Waals surface area contributed by atoms with E-state index in [9.17, 15) is 0 Å². The first-order chi connectivity index (χ1) is 12.4. The van der Waals surface area contributed by atoms with Gasteiger partial charge in [0.2, 0.25) is 0 Å². The summed E-state index contributed by atoms with van der Waals surface area (Å²) in [6.45, 7) is 14.6. The molecule has 3 unspecified atom stereocenters. The third-order valence-electron chi connectivity index (χ3n) is 5.04. The lowest BCUT2D eigenvalue weighted by molar-refractivity contribution is -0.0705. The normalized spacial score (nSPS) is 22.3. The molecule has 0 radical (unpaired) electrons. The van der Waals surface area contributed by atoms with E-state index in [1.807, 2.05) is 7.05 Å². The van der Waals surface area contributed by atoms with Crippen LogP contribution >= 0.6 is 24.0 Å². The second-order valence-electron chi connectivity index (χ2n) is 7.82. The van der Waals surface area contributed by atoms with Crippen molar-refractivity contribution in [3.63, 3.8) is 0 Å². The first-order valence-corrected chi connectivity index (χ1v) is 9.80. The van der Waals surface area contributed by atoms with Crippen LogP contribution in [0.25, 0.3) is 0 Å². The summed E-state index contributed by atoms with van der Waals surface area (Å²) in [5.74, 6) is 1.42. The number of benzene rings is 1. The summed E-state index contributed by atoms with van der Waals surface area (Å²) in [7, 11) is 1.82. The van der Waals surface area contributed by atoms with Crippen LogP contribution in [-0.4, -0.2) is 49.2 Å². The molecule has 1 aromatic carbocycles. The predicted octanol–water partition coefficient (Wildman–Crippen LogP) is 3.62. The SMILES string of the molecule is CN=C(NCc1ccccc1CN1CC(C)OC(C)C1)NC(C)C(C)C.I. The van der Waals surface area contributed by atoms with E-state index in [4.69, 9.17) is 4.74 Å². The van der Waals surface area contributed by atoms with Gasteiger partial charge in [0.1, 0.15) is 0 Å². The molecule has 27 heavy (non-hydrogen) atoms. The van der Waals surface area contributed by atoms with Gasteiger partial charge in [-0.3, -0.25) is 9.89 Å². The van der Waals surface area contributed by atoms with Gasteiger partial charge in [-0.1, -0.05) is 38.1 Å². The minimum absolute atomic E-state index is 0. The van der Waals surface area contributed by atoms with Crippen LogP contribution in [0.4, 0.5) is 0 Å². The van der Waals surface area contributed by atoms with Crippen molar-refractivity contribution in [2.75, 3.05) is 20.1 Å². The minimum atomic E-state index is 0. The maximum Gasteiger partial charge on any atom is 0.191 e. The number of nitrogens with zero attached hydrogens (tertiary/aromatic N) is 2. The summed E-state index contributed by atoms with van der Waals surface area (Å²) in [6.07, 6.45) is 0.592. The highest BCUT2D eigenvalue weighted by atomic mass is 127. The summed E-state index contributed by atoms with van der Waals surface area (Å²) in [4.78, 5) is 6.85. The summed E-state index contributed by atoms with van der Waals surface area (Å²) in [6, 6.07) is 9.05. The fourth-order valence-electron chi connectivity index (χ4n) is 3.29. The number of rotatable bonds is 6. The largest absolute Gasteiger partial charge is 0.373 e. The average Bonchev–Trinajstić information content (AvgIpc) is 2.58. The number of aliphatic imine (C=N–C) groups is 1. The molecule has 2 N–H and O–H groups in total. The molecule has 1 fully saturated rings. The Labute approximate surface area is 182 Å². The number of nitrogens with one attached hydrogen (secondary N) is 2. The standard InChI is InChI=1S/C21H36N4O.HI/c1-15(2)18(5)24-21(22-6)23-11-19-9-7-8-10-20(19)14-25-12-16(3)26-17(4)13-25;/h7-10,15-18H,11-14H2,1-6H3,(H2,22,23,24);1H. The Morgan fingerprint density at radius 3 is 2.30 bits per heavy atom. The molecular formula is C21H37IN4O. The molecule has 6 heteroatoms. The number of ether oxygens (including phenoxy) is 1.